The Morgan fingerprint density at radius 1 is 1.35 bits per heavy atom. The van der Waals surface area contributed by atoms with Crippen LogP contribution >= 0.6 is 0 Å². The predicted molar refractivity (Wildman–Crippen MR) is 72.6 cm³/mol. The largest absolute Gasteiger partial charge is 0.481 e. The molecule has 0 saturated carbocycles. The molecule has 1 aliphatic rings. The molecule has 2 N–H and O–H groups in total. The number of carbonyl (C=O) groups excluding carboxylic acids is 1. The van der Waals surface area contributed by atoms with Crippen LogP contribution in [-0.4, -0.2) is 68.6 Å². The lowest BCUT2D eigenvalue weighted by Gasteiger charge is -2.20. The summed E-state index contributed by atoms with van der Waals surface area (Å²) in [6.07, 6.45) is 1.22. The highest BCUT2D eigenvalue weighted by Gasteiger charge is 2.42. The van der Waals surface area contributed by atoms with Gasteiger partial charge in [-0.1, -0.05) is 0 Å². The maximum absolute atomic E-state index is 11.9. The van der Waals surface area contributed by atoms with Crippen molar-refractivity contribution < 1.29 is 24.2 Å². The Morgan fingerprint density at radius 3 is 2.70 bits per heavy atom. The van der Waals surface area contributed by atoms with Crippen LogP contribution in [0.25, 0.3) is 0 Å². The molecule has 1 rings (SSSR count). The van der Waals surface area contributed by atoms with E-state index in [1.54, 1.807) is 18.9 Å². The van der Waals surface area contributed by atoms with Crippen molar-refractivity contribution >= 4 is 12.0 Å². The third kappa shape index (κ3) is 4.97. The number of hydrogen-bond donors (Lipinski definition) is 2. The quantitative estimate of drug-likeness (QED) is 0.637. The van der Waals surface area contributed by atoms with Gasteiger partial charge in [0.2, 0.25) is 0 Å². The molecule has 1 atom stereocenters. The van der Waals surface area contributed by atoms with Crippen molar-refractivity contribution in [2.75, 3.05) is 46.6 Å². The van der Waals surface area contributed by atoms with Gasteiger partial charge < -0.3 is 24.8 Å². The molecule has 1 saturated heterocycles. The van der Waals surface area contributed by atoms with Crippen LogP contribution in [0.2, 0.25) is 0 Å². The zero-order valence-corrected chi connectivity index (χ0v) is 12.2. The van der Waals surface area contributed by atoms with Gasteiger partial charge in [0, 0.05) is 33.4 Å². The second-order valence-corrected chi connectivity index (χ2v) is 5.23. The van der Waals surface area contributed by atoms with Gasteiger partial charge in [0.05, 0.1) is 18.6 Å². The number of methoxy groups -OCH3 is 1. The van der Waals surface area contributed by atoms with E-state index < -0.39 is 11.4 Å². The van der Waals surface area contributed by atoms with E-state index >= 15 is 0 Å². The number of carbonyl (C=O) groups is 2. The molecule has 7 heteroatoms. The average molecular weight is 288 g/mol. The van der Waals surface area contributed by atoms with Crippen molar-refractivity contribution in [2.45, 2.75) is 19.8 Å². The van der Waals surface area contributed by atoms with Crippen LogP contribution in [0.5, 0.6) is 0 Å². The van der Waals surface area contributed by atoms with Crippen molar-refractivity contribution in [3.05, 3.63) is 0 Å². The molecule has 0 aromatic carbocycles. The van der Waals surface area contributed by atoms with E-state index in [0.29, 0.717) is 39.3 Å². The zero-order valence-electron chi connectivity index (χ0n) is 12.2. The van der Waals surface area contributed by atoms with Crippen LogP contribution in [-0.2, 0) is 14.3 Å². The molecule has 1 unspecified atom stereocenters. The number of hydrogen-bond acceptors (Lipinski definition) is 4. The maximum atomic E-state index is 11.9. The number of aliphatic carboxylic acids is 1. The van der Waals surface area contributed by atoms with Gasteiger partial charge in [-0.15, -0.1) is 0 Å². The molecule has 1 heterocycles. The lowest BCUT2D eigenvalue weighted by atomic mass is 9.90. The number of ether oxygens (including phenoxy) is 2. The average Bonchev–Trinajstić information content (AvgIpc) is 2.82. The second kappa shape index (κ2) is 8.06. The Kier molecular flexibility index (Phi) is 6.74. The smallest absolute Gasteiger partial charge is 0.317 e. The molecular weight excluding hydrogens is 264 g/mol. The van der Waals surface area contributed by atoms with Crippen LogP contribution in [0.3, 0.4) is 0 Å². The molecule has 0 bridgehead atoms. The summed E-state index contributed by atoms with van der Waals surface area (Å²) in [7, 11) is 1.62. The van der Waals surface area contributed by atoms with Gasteiger partial charge in [-0.2, -0.15) is 0 Å². The van der Waals surface area contributed by atoms with Gasteiger partial charge in [0.1, 0.15) is 0 Å². The van der Waals surface area contributed by atoms with Gasteiger partial charge >= 0.3 is 12.0 Å². The lowest BCUT2D eigenvalue weighted by molar-refractivity contribution is -0.146. The van der Waals surface area contributed by atoms with Crippen molar-refractivity contribution in [1.82, 2.24) is 10.2 Å². The van der Waals surface area contributed by atoms with Crippen LogP contribution in [0.4, 0.5) is 4.79 Å². The standard InChI is InChI=1S/C13H24N2O5/c1-13(11(16)17)4-6-15(10-13)12(18)14-5-3-7-20-9-8-19-2/h3-10H2,1-2H3,(H,14,18)(H,16,17). The highest BCUT2D eigenvalue weighted by Crippen LogP contribution is 2.29. The van der Waals surface area contributed by atoms with Gasteiger partial charge in [-0.3, -0.25) is 4.79 Å². The molecule has 0 aromatic heterocycles. The first kappa shape index (κ1) is 16.7. The normalized spacial score (nSPS) is 22.0. The van der Waals surface area contributed by atoms with Gasteiger partial charge in [-0.05, 0) is 19.8 Å². The van der Waals surface area contributed by atoms with E-state index in [-0.39, 0.29) is 12.6 Å². The highest BCUT2D eigenvalue weighted by atomic mass is 16.5. The molecular formula is C13H24N2O5. The van der Waals surface area contributed by atoms with E-state index in [4.69, 9.17) is 14.6 Å². The number of carboxylic acid groups (broad SMARTS) is 1. The summed E-state index contributed by atoms with van der Waals surface area (Å²) in [6.45, 7) is 4.62. The molecule has 7 nitrogen and oxygen atoms in total. The van der Waals surface area contributed by atoms with Crippen molar-refractivity contribution in [3.63, 3.8) is 0 Å². The Hall–Kier alpha value is -1.34. The molecule has 0 radical (unpaired) electrons. The molecule has 116 valence electrons. The summed E-state index contributed by atoms with van der Waals surface area (Å²) in [5, 5.41) is 11.9. The van der Waals surface area contributed by atoms with Crippen LogP contribution in [0.1, 0.15) is 19.8 Å². The van der Waals surface area contributed by atoms with Crippen molar-refractivity contribution in [3.8, 4) is 0 Å². The number of urea groups is 1. The topological polar surface area (TPSA) is 88.1 Å². The number of likely N-dealkylation sites (tertiary alicyclic amines) is 1. The first-order valence-corrected chi connectivity index (χ1v) is 6.82. The van der Waals surface area contributed by atoms with Gasteiger partial charge in [-0.25, -0.2) is 4.79 Å². The summed E-state index contributed by atoms with van der Waals surface area (Å²) in [6, 6.07) is -0.202. The summed E-state index contributed by atoms with van der Waals surface area (Å²) < 4.78 is 10.1. The van der Waals surface area contributed by atoms with E-state index in [2.05, 4.69) is 5.32 Å². The Morgan fingerprint density at radius 2 is 2.10 bits per heavy atom. The van der Waals surface area contributed by atoms with E-state index in [9.17, 15) is 9.59 Å². The van der Waals surface area contributed by atoms with Crippen LogP contribution in [0.15, 0.2) is 0 Å². The van der Waals surface area contributed by atoms with Crippen molar-refractivity contribution in [1.29, 1.82) is 0 Å². The Bertz CT molecular complexity index is 337. The lowest BCUT2D eigenvalue weighted by Crippen LogP contribution is -2.41. The summed E-state index contributed by atoms with van der Waals surface area (Å²) in [4.78, 5) is 24.5. The number of carboxylic acids is 1. The van der Waals surface area contributed by atoms with Gasteiger partial charge in [0.25, 0.3) is 0 Å². The number of nitrogens with one attached hydrogen (secondary N) is 1. The minimum atomic E-state index is -0.848. The van der Waals surface area contributed by atoms with Gasteiger partial charge in [0.15, 0.2) is 0 Å². The molecule has 20 heavy (non-hydrogen) atoms. The highest BCUT2D eigenvalue weighted by molar-refractivity contribution is 5.79. The predicted octanol–water partition coefficient (Wildman–Crippen LogP) is 0.546. The molecule has 0 spiro atoms. The summed E-state index contributed by atoms with van der Waals surface area (Å²) in [5.74, 6) is -0.848. The van der Waals surface area contributed by atoms with Crippen molar-refractivity contribution in [2.24, 2.45) is 5.41 Å². The Labute approximate surface area is 119 Å². The minimum Gasteiger partial charge on any atom is -0.481 e. The van der Waals surface area contributed by atoms with E-state index in [0.717, 1.165) is 6.42 Å². The molecule has 0 aliphatic carbocycles. The first-order valence-electron chi connectivity index (χ1n) is 6.82. The first-order chi connectivity index (χ1) is 9.49. The summed E-state index contributed by atoms with van der Waals surface area (Å²) >= 11 is 0. The fraction of sp³-hybridized carbons (Fsp3) is 0.846. The molecule has 0 aromatic rings. The number of nitrogens with zero attached hydrogens (tertiary/aromatic N) is 1. The second-order valence-electron chi connectivity index (χ2n) is 5.23. The number of rotatable bonds is 8. The SMILES string of the molecule is COCCOCCCNC(=O)N1CCC(C)(C(=O)O)C1. The fourth-order valence-electron chi connectivity index (χ4n) is 2.03. The summed E-state index contributed by atoms with van der Waals surface area (Å²) in [5.41, 5.74) is -0.819. The fourth-order valence-corrected chi connectivity index (χ4v) is 2.03. The van der Waals surface area contributed by atoms with E-state index in [1.165, 1.54) is 0 Å². The minimum absolute atomic E-state index is 0.202. The van der Waals surface area contributed by atoms with E-state index in [1.807, 2.05) is 0 Å². The third-order valence-electron chi connectivity index (χ3n) is 3.45. The monoisotopic (exact) mass is 288 g/mol. The zero-order chi connectivity index (χ0) is 15.0. The molecule has 1 fully saturated rings. The molecule has 2 amide bonds. The number of amides is 2. The van der Waals surface area contributed by atoms with Crippen LogP contribution in [0, 0.1) is 5.41 Å². The van der Waals surface area contributed by atoms with Crippen LogP contribution < -0.4 is 5.32 Å². The Balaban J connectivity index is 2.13. The maximum Gasteiger partial charge on any atom is 0.317 e. The third-order valence-corrected chi connectivity index (χ3v) is 3.45. The molecule has 1 aliphatic heterocycles.